The molecule has 6 nitrogen and oxygen atoms in total. The monoisotopic (exact) mass is 303 g/mol. The van der Waals surface area contributed by atoms with Crippen LogP contribution in [0.5, 0.6) is 11.5 Å². The van der Waals surface area contributed by atoms with Gasteiger partial charge in [0.05, 0.1) is 35.9 Å². The number of esters is 1. The Labute approximate surface area is 127 Å². The second-order valence-corrected chi connectivity index (χ2v) is 4.57. The number of phenolic OH excluding ortho intramolecular Hbond substituents is 1. The van der Waals surface area contributed by atoms with Crippen molar-refractivity contribution >= 4 is 29.2 Å². The number of carbonyl (C=O) groups excluding carboxylic acids is 2. The highest BCUT2D eigenvalue weighted by Gasteiger charge is 2.18. The van der Waals surface area contributed by atoms with Gasteiger partial charge in [-0.25, -0.2) is 4.79 Å². The van der Waals surface area contributed by atoms with E-state index < -0.39 is 5.97 Å². The van der Waals surface area contributed by atoms with Gasteiger partial charge in [0.1, 0.15) is 0 Å². The van der Waals surface area contributed by atoms with Gasteiger partial charge in [0, 0.05) is 13.1 Å². The summed E-state index contributed by atoms with van der Waals surface area (Å²) in [6, 6.07) is 3.35. The van der Waals surface area contributed by atoms with E-state index in [2.05, 4.69) is 0 Å². The third-order valence-corrected chi connectivity index (χ3v) is 3.39. The maximum atomic E-state index is 11.5. The molecule has 0 bridgehead atoms. The molecule has 2 rings (SSSR count). The molecule has 0 aliphatic carbocycles. The van der Waals surface area contributed by atoms with E-state index in [1.165, 1.54) is 19.3 Å². The van der Waals surface area contributed by atoms with Crippen LogP contribution in [0.15, 0.2) is 18.2 Å². The van der Waals surface area contributed by atoms with Crippen molar-refractivity contribution < 1.29 is 24.2 Å². The van der Waals surface area contributed by atoms with Crippen molar-refractivity contribution in [3.8, 4) is 11.5 Å². The van der Waals surface area contributed by atoms with Crippen molar-refractivity contribution in [1.29, 1.82) is 0 Å². The standard InChI is InChI=1S/C16H17NO5/c1-4-22-14(19)8-6-11-10(9-18)15-12(17(11)2)5-7-13(21-3)16(15)20/h5-9,20H,4H2,1-3H3/b8-6+. The Morgan fingerprint density at radius 2 is 2.14 bits per heavy atom. The van der Waals surface area contributed by atoms with Crippen LogP contribution in [0.1, 0.15) is 23.0 Å². The number of methoxy groups -OCH3 is 1. The van der Waals surface area contributed by atoms with E-state index in [0.717, 1.165) is 0 Å². The van der Waals surface area contributed by atoms with E-state index in [-0.39, 0.29) is 23.7 Å². The largest absolute Gasteiger partial charge is 0.504 e. The van der Waals surface area contributed by atoms with Crippen LogP contribution in [-0.4, -0.2) is 35.6 Å². The van der Waals surface area contributed by atoms with E-state index in [0.29, 0.717) is 22.9 Å². The third kappa shape index (κ3) is 2.55. The molecule has 0 aliphatic heterocycles. The Balaban J connectivity index is 2.65. The number of fused-ring (bicyclic) bond motifs is 1. The Morgan fingerprint density at radius 1 is 1.41 bits per heavy atom. The lowest BCUT2D eigenvalue weighted by atomic mass is 10.1. The Kier molecular flexibility index (Phi) is 4.50. The third-order valence-electron chi connectivity index (χ3n) is 3.39. The summed E-state index contributed by atoms with van der Waals surface area (Å²) >= 11 is 0. The van der Waals surface area contributed by atoms with Gasteiger partial charge in [0.2, 0.25) is 0 Å². The second kappa shape index (κ2) is 6.34. The normalized spacial score (nSPS) is 11.0. The quantitative estimate of drug-likeness (QED) is 0.521. The lowest BCUT2D eigenvalue weighted by Crippen LogP contribution is -2.00. The van der Waals surface area contributed by atoms with E-state index in [1.807, 2.05) is 0 Å². The van der Waals surface area contributed by atoms with Crippen LogP contribution in [-0.2, 0) is 16.6 Å². The summed E-state index contributed by atoms with van der Waals surface area (Å²) in [5.41, 5.74) is 1.44. The molecule has 2 aromatic rings. The molecule has 0 spiro atoms. The van der Waals surface area contributed by atoms with Gasteiger partial charge in [-0.1, -0.05) is 0 Å². The molecule has 0 saturated carbocycles. The van der Waals surface area contributed by atoms with Crippen molar-refractivity contribution in [3.05, 3.63) is 29.5 Å². The molecule has 0 aliphatic rings. The lowest BCUT2D eigenvalue weighted by molar-refractivity contribution is -0.137. The van der Waals surface area contributed by atoms with Gasteiger partial charge in [-0.3, -0.25) is 4.79 Å². The molecule has 1 heterocycles. The van der Waals surface area contributed by atoms with Crippen molar-refractivity contribution in [1.82, 2.24) is 4.57 Å². The number of aldehydes is 1. The molecule has 0 fully saturated rings. The molecular weight excluding hydrogens is 286 g/mol. The lowest BCUT2D eigenvalue weighted by Gasteiger charge is -2.04. The molecule has 0 saturated heterocycles. The van der Waals surface area contributed by atoms with Crippen LogP contribution in [0.2, 0.25) is 0 Å². The highest BCUT2D eigenvalue weighted by atomic mass is 16.5. The molecule has 1 aromatic heterocycles. The average Bonchev–Trinajstić information content (AvgIpc) is 2.78. The highest BCUT2D eigenvalue weighted by molar-refractivity contribution is 6.06. The number of benzene rings is 1. The van der Waals surface area contributed by atoms with E-state index in [9.17, 15) is 14.7 Å². The first-order valence-corrected chi connectivity index (χ1v) is 6.73. The summed E-state index contributed by atoms with van der Waals surface area (Å²) in [7, 11) is 3.18. The smallest absolute Gasteiger partial charge is 0.330 e. The summed E-state index contributed by atoms with van der Waals surface area (Å²) in [6.07, 6.45) is 3.39. The first kappa shape index (κ1) is 15.6. The van der Waals surface area contributed by atoms with Gasteiger partial charge in [0.25, 0.3) is 0 Å². The summed E-state index contributed by atoms with van der Waals surface area (Å²) in [5, 5.41) is 10.6. The highest BCUT2D eigenvalue weighted by Crippen LogP contribution is 2.38. The van der Waals surface area contributed by atoms with Crippen LogP contribution >= 0.6 is 0 Å². The molecule has 0 unspecified atom stereocenters. The number of hydrogen-bond acceptors (Lipinski definition) is 5. The van der Waals surface area contributed by atoms with Crippen LogP contribution in [0.25, 0.3) is 17.0 Å². The molecule has 0 amide bonds. The molecule has 22 heavy (non-hydrogen) atoms. The maximum Gasteiger partial charge on any atom is 0.330 e. The molecule has 0 radical (unpaired) electrons. The van der Waals surface area contributed by atoms with Crippen molar-refractivity contribution in [3.63, 3.8) is 0 Å². The van der Waals surface area contributed by atoms with Gasteiger partial charge < -0.3 is 19.1 Å². The van der Waals surface area contributed by atoms with Crippen molar-refractivity contribution in [2.75, 3.05) is 13.7 Å². The summed E-state index contributed by atoms with van der Waals surface area (Å²) < 4.78 is 11.6. The number of aryl methyl sites for hydroxylation is 1. The van der Waals surface area contributed by atoms with Crippen LogP contribution in [0.3, 0.4) is 0 Å². The Bertz CT molecular complexity index is 758. The Morgan fingerprint density at radius 3 is 2.73 bits per heavy atom. The second-order valence-electron chi connectivity index (χ2n) is 4.57. The van der Waals surface area contributed by atoms with Gasteiger partial charge in [0.15, 0.2) is 17.8 Å². The van der Waals surface area contributed by atoms with E-state index >= 15 is 0 Å². The van der Waals surface area contributed by atoms with Gasteiger partial charge in [-0.05, 0) is 25.1 Å². The minimum absolute atomic E-state index is 0.103. The minimum atomic E-state index is -0.494. The van der Waals surface area contributed by atoms with Crippen molar-refractivity contribution in [2.45, 2.75) is 6.92 Å². The van der Waals surface area contributed by atoms with Crippen LogP contribution in [0.4, 0.5) is 0 Å². The topological polar surface area (TPSA) is 77.8 Å². The summed E-state index contributed by atoms with van der Waals surface area (Å²) in [5.74, 6) is -0.318. The fourth-order valence-electron chi connectivity index (χ4n) is 2.37. The molecular formula is C16H17NO5. The first-order chi connectivity index (χ1) is 10.5. The van der Waals surface area contributed by atoms with Gasteiger partial charge in [-0.15, -0.1) is 0 Å². The van der Waals surface area contributed by atoms with Crippen LogP contribution in [0, 0.1) is 0 Å². The van der Waals surface area contributed by atoms with Gasteiger partial charge in [-0.2, -0.15) is 0 Å². The molecule has 116 valence electrons. The number of carbonyl (C=O) groups is 2. The fraction of sp³-hybridized carbons (Fsp3) is 0.250. The number of hydrogen-bond donors (Lipinski definition) is 1. The van der Waals surface area contributed by atoms with Gasteiger partial charge >= 0.3 is 5.97 Å². The summed E-state index contributed by atoms with van der Waals surface area (Å²) in [4.78, 5) is 22.9. The maximum absolute atomic E-state index is 11.5. The fourth-order valence-corrected chi connectivity index (χ4v) is 2.37. The predicted molar refractivity (Wildman–Crippen MR) is 82.2 cm³/mol. The molecule has 1 aromatic carbocycles. The zero-order valence-corrected chi connectivity index (χ0v) is 12.6. The van der Waals surface area contributed by atoms with E-state index in [4.69, 9.17) is 9.47 Å². The van der Waals surface area contributed by atoms with Crippen molar-refractivity contribution in [2.24, 2.45) is 7.05 Å². The first-order valence-electron chi connectivity index (χ1n) is 6.73. The number of aromatic nitrogens is 1. The SMILES string of the molecule is CCOC(=O)/C=C/c1c(C=O)c2c(O)c(OC)ccc2n1C. The molecule has 1 N–H and O–H groups in total. The summed E-state index contributed by atoms with van der Waals surface area (Å²) in [6.45, 7) is 1.99. The zero-order chi connectivity index (χ0) is 16.3. The minimum Gasteiger partial charge on any atom is -0.504 e. The number of ether oxygens (including phenoxy) is 2. The number of nitrogens with zero attached hydrogens (tertiary/aromatic N) is 1. The Hall–Kier alpha value is -2.76. The zero-order valence-electron chi connectivity index (χ0n) is 12.6. The van der Waals surface area contributed by atoms with Crippen LogP contribution < -0.4 is 4.74 Å². The predicted octanol–water partition coefficient (Wildman–Crippen LogP) is 2.28. The van der Waals surface area contributed by atoms with E-state index in [1.54, 1.807) is 30.7 Å². The average molecular weight is 303 g/mol. The number of aromatic hydroxyl groups is 1. The molecule has 6 heteroatoms. The molecule has 0 atom stereocenters. The number of phenols is 1. The number of rotatable bonds is 5.